The summed E-state index contributed by atoms with van der Waals surface area (Å²) < 4.78 is 0. The highest BCUT2D eigenvalue weighted by Crippen LogP contribution is 2.29. The molecule has 1 aromatic carbocycles. The minimum Gasteiger partial charge on any atom is -0.480 e. The Morgan fingerprint density at radius 3 is 2.80 bits per heavy atom. The lowest BCUT2D eigenvalue weighted by molar-refractivity contribution is -0.140. The maximum Gasteiger partial charge on any atom is 0.328 e. The van der Waals surface area contributed by atoms with Crippen molar-refractivity contribution in [3.05, 3.63) is 35.4 Å². The Balaban J connectivity index is 2.01. The SMILES string of the molecule is O=C(NC(CO)C(=O)O)NC1CCCc2ccccc21. The Kier molecular flexibility index (Phi) is 4.57. The molecule has 0 fully saturated rings. The summed E-state index contributed by atoms with van der Waals surface area (Å²) in [6.45, 7) is -0.635. The molecule has 2 unspecified atom stereocenters. The first-order valence-electron chi connectivity index (χ1n) is 6.60. The molecule has 1 aliphatic carbocycles. The monoisotopic (exact) mass is 278 g/mol. The minimum atomic E-state index is -1.28. The molecule has 108 valence electrons. The number of carbonyl (C=O) groups is 2. The number of carbonyl (C=O) groups excluding carboxylic acids is 1. The van der Waals surface area contributed by atoms with E-state index in [0.717, 1.165) is 24.8 Å². The summed E-state index contributed by atoms with van der Waals surface area (Å²) in [6, 6.07) is 5.92. The fourth-order valence-electron chi connectivity index (χ4n) is 2.45. The van der Waals surface area contributed by atoms with Gasteiger partial charge in [-0.05, 0) is 30.4 Å². The van der Waals surface area contributed by atoms with Crippen LogP contribution in [0.4, 0.5) is 4.79 Å². The first-order chi connectivity index (χ1) is 9.61. The standard InChI is InChI=1S/C14H18N2O4/c17-8-12(13(18)19)16-14(20)15-11-7-3-5-9-4-1-2-6-10(9)11/h1-2,4,6,11-12,17H,3,5,7-8H2,(H,18,19)(H2,15,16,20). The van der Waals surface area contributed by atoms with Gasteiger partial charge in [-0.3, -0.25) is 0 Å². The van der Waals surface area contributed by atoms with Crippen LogP contribution < -0.4 is 10.6 Å². The number of carboxylic acid groups (broad SMARTS) is 1. The number of hydrogen-bond donors (Lipinski definition) is 4. The van der Waals surface area contributed by atoms with Crippen LogP contribution in [-0.4, -0.2) is 34.9 Å². The van der Waals surface area contributed by atoms with E-state index in [0.29, 0.717) is 0 Å². The molecule has 0 heterocycles. The zero-order valence-corrected chi connectivity index (χ0v) is 11.0. The Hall–Kier alpha value is -2.08. The molecule has 1 aromatic rings. The highest BCUT2D eigenvalue weighted by molar-refractivity contribution is 5.82. The molecule has 6 nitrogen and oxygen atoms in total. The zero-order chi connectivity index (χ0) is 14.5. The van der Waals surface area contributed by atoms with Crippen LogP contribution in [0.2, 0.25) is 0 Å². The van der Waals surface area contributed by atoms with E-state index in [1.807, 2.05) is 24.3 Å². The lowest BCUT2D eigenvalue weighted by Gasteiger charge is -2.26. The van der Waals surface area contributed by atoms with E-state index in [1.54, 1.807) is 0 Å². The number of aryl methyl sites for hydroxylation is 1. The third-order valence-corrected chi connectivity index (χ3v) is 3.46. The molecule has 20 heavy (non-hydrogen) atoms. The zero-order valence-electron chi connectivity index (χ0n) is 11.0. The molecule has 4 N–H and O–H groups in total. The molecule has 0 saturated heterocycles. The molecule has 2 rings (SSSR count). The number of urea groups is 1. The van der Waals surface area contributed by atoms with Crippen LogP contribution in [-0.2, 0) is 11.2 Å². The normalized spacial score (nSPS) is 18.8. The third-order valence-electron chi connectivity index (χ3n) is 3.46. The number of aliphatic hydroxyl groups excluding tert-OH is 1. The van der Waals surface area contributed by atoms with Gasteiger partial charge in [0.2, 0.25) is 0 Å². The van der Waals surface area contributed by atoms with Crippen molar-refractivity contribution in [2.24, 2.45) is 0 Å². The molecule has 0 aliphatic heterocycles. The molecular formula is C14H18N2O4. The summed E-state index contributed by atoms with van der Waals surface area (Å²) >= 11 is 0. The van der Waals surface area contributed by atoms with Gasteiger partial charge in [0, 0.05) is 0 Å². The molecular weight excluding hydrogens is 260 g/mol. The summed E-state index contributed by atoms with van der Waals surface area (Å²) in [6.07, 6.45) is 2.79. The van der Waals surface area contributed by atoms with Crippen LogP contribution in [0.15, 0.2) is 24.3 Å². The van der Waals surface area contributed by atoms with Gasteiger partial charge < -0.3 is 20.8 Å². The number of hydrogen-bond acceptors (Lipinski definition) is 3. The van der Waals surface area contributed by atoms with E-state index >= 15 is 0 Å². The largest absolute Gasteiger partial charge is 0.480 e. The van der Waals surface area contributed by atoms with Crippen LogP contribution in [0.5, 0.6) is 0 Å². The summed E-state index contributed by atoms with van der Waals surface area (Å²) in [5.41, 5.74) is 2.28. The topological polar surface area (TPSA) is 98.7 Å². The molecule has 0 bridgehead atoms. The van der Waals surface area contributed by atoms with Crippen molar-refractivity contribution in [1.82, 2.24) is 10.6 Å². The maximum atomic E-state index is 11.8. The minimum absolute atomic E-state index is 0.118. The molecule has 0 spiro atoms. The Morgan fingerprint density at radius 1 is 1.35 bits per heavy atom. The Bertz CT molecular complexity index is 504. The van der Waals surface area contributed by atoms with Crippen molar-refractivity contribution in [2.75, 3.05) is 6.61 Å². The molecule has 2 atom stereocenters. The average Bonchev–Trinajstić information content (AvgIpc) is 2.45. The fraction of sp³-hybridized carbons (Fsp3) is 0.429. The molecule has 0 aromatic heterocycles. The summed E-state index contributed by atoms with van der Waals surface area (Å²) in [7, 11) is 0. The number of aliphatic carboxylic acids is 1. The van der Waals surface area contributed by atoms with E-state index in [2.05, 4.69) is 10.6 Å². The second-order valence-electron chi connectivity index (χ2n) is 4.83. The van der Waals surface area contributed by atoms with Gasteiger partial charge in [-0.25, -0.2) is 9.59 Å². The Labute approximate surface area is 116 Å². The highest BCUT2D eigenvalue weighted by atomic mass is 16.4. The van der Waals surface area contributed by atoms with Crippen LogP contribution in [0, 0.1) is 0 Å². The highest BCUT2D eigenvalue weighted by Gasteiger charge is 2.24. The van der Waals surface area contributed by atoms with Gasteiger partial charge in [-0.15, -0.1) is 0 Å². The number of nitrogens with one attached hydrogen (secondary N) is 2. The predicted octanol–water partition coefficient (Wildman–Crippen LogP) is 0.809. The van der Waals surface area contributed by atoms with Crippen molar-refractivity contribution < 1.29 is 19.8 Å². The molecule has 1 aliphatic rings. The number of aliphatic hydroxyl groups is 1. The molecule has 0 radical (unpaired) electrons. The second-order valence-corrected chi connectivity index (χ2v) is 4.83. The van der Waals surface area contributed by atoms with Gasteiger partial charge in [-0.1, -0.05) is 24.3 Å². The van der Waals surface area contributed by atoms with E-state index in [9.17, 15) is 9.59 Å². The molecule has 0 saturated carbocycles. The fourth-order valence-corrected chi connectivity index (χ4v) is 2.45. The van der Waals surface area contributed by atoms with Gasteiger partial charge in [0.05, 0.1) is 12.6 Å². The van der Waals surface area contributed by atoms with Gasteiger partial charge in [-0.2, -0.15) is 0 Å². The first-order valence-corrected chi connectivity index (χ1v) is 6.60. The van der Waals surface area contributed by atoms with Crippen LogP contribution in [0.25, 0.3) is 0 Å². The van der Waals surface area contributed by atoms with Gasteiger partial charge in [0.1, 0.15) is 0 Å². The predicted molar refractivity (Wildman–Crippen MR) is 72.3 cm³/mol. The van der Waals surface area contributed by atoms with E-state index < -0.39 is 24.6 Å². The number of benzene rings is 1. The van der Waals surface area contributed by atoms with Crippen molar-refractivity contribution in [3.63, 3.8) is 0 Å². The van der Waals surface area contributed by atoms with E-state index in [4.69, 9.17) is 10.2 Å². The van der Waals surface area contributed by atoms with Crippen molar-refractivity contribution in [3.8, 4) is 0 Å². The summed E-state index contributed by atoms with van der Waals surface area (Å²) in [5.74, 6) is -1.26. The quantitative estimate of drug-likeness (QED) is 0.655. The van der Waals surface area contributed by atoms with Gasteiger partial charge in [0.25, 0.3) is 0 Å². The van der Waals surface area contributed by atoms with E-state index in [-0.39, 0.29) is 6.04 Å². The number of fused-ring (bicyclic) bond motifs is 1. The second kappa shape index (κ2) is 6.38. The van der Waals surface area contributed by atoms with Crippen LogP contribution in [0.3, 0.4) is 0 Å². The number of carboxylic acids is 1. The summed E-state index contributed by atoms with van der Waals surface area (Å²) in [4.78, 5) is 22.6. The van der Waals surface area contributed by atoms with Gasteiger partial charge >= 0.3 is 12.0 Å². The summed E-state index contributed by atoms with van der Waals surface area (Å²) in [5, 5.41) is 22.7. The third kappa shape index (κ3) is 3.27. The van der Waals surface area contributed by atoms with Crippen molar-refractivity contribution >= 4 is 12.0 Å². The number of amides is 2. The van der Waals surface area contributed by atoms with Crippen molar-refractivity contribution in [2.45, 2.75) is 31.3 Å². The van der Waals surface area contributed by atoms with Gasteiger partial charge in [0.15, 0.2) is 6.04 Å². The molecule has 2 amide bonds. The lowest BCUT2D eigenvalue weighted by Crippen LogP contribution is -2.49. The van der Waals surface area contributed by atoms with Crippen LogP contribution >= 0.6 is 0 Å². The van der Waals surface area contributed by atoms with Crippen molar-refractivity contribution in [1.29, 1.82) is 0 Å². The van der Waals surface area contributed by atoms with E-state index in [1.165, 1.54) is 5.56 Å². The first kappa shape index (κ1) is 14.3. The Morgan fingerprint density at radius 2 is 2.10 bits per heavy atom. The lowest BCUT2D eigenvalue weighted by atomic mass is 9.88. The number of rotatable bonds is 4. The van der Waals surface area contributed by atoms with Crippen LogP contribution in [0.1, 0.15) is 30.0 Å². The molecule has 6 heteroatoms. The average molecular weight is 278 g/mol. The maximum absolute atomic E-state index is 11.8. The smallest absolute Gasteiger partial charge is 0.328 e.